The highest BCUT2D eigenvalue weighted by Gasteiger charge is 2.29. The maximum Gasteiger partial charge on any atom is 0.356 e. The fourth-order valence-electron chi connectivity index (χ4n) is 3.02. The van der Waals surface area contributed by atoms with Crippen molar-refractivity contribution >= 4 is 11.9 Å². The van der Waals surface area contributed by atoms with Crippen LogP contribution in [0, 0.1) is 0 Å². The number of fused-ring (bicyclic) bond motifs is 3. The van der Waals surface area contributed by atoms with Gasteiger partial charge in [0.15, 0.2) is 0 Å². The van der Waals surface area contributed by atoms with Gasteiger partial charge in [-0.25, -0.2) is 4.79 Å². The molecule has 0 aromatic carbocycles. The molecule has 2 aromatic rings. The van der Waals surface area contributed by atoms with E-state index in [1.54, 1.807) is 17.8 Å². The van der Waals surface area contributed by atoms with Gasteiger partial charge in [0.2, 0.25) is 5.91 Å². The molecule has 0 unspecified atom stereocenters. The summed E-state index contributed by atoms with van der Waals surface area (Å²) in [6, 6.07) is 1.90. The summed E-state index contributed by atoms with van der Waals surface area (Å²) >= 11 is 0. The largest absolute Gasteiger partial charge is 0.461 e. The molecule has 0 spiro atoms. The molecule has 8 nitrogen and oxygen atoms in total. The number of rotatable bonds is 6. The second kappa shape index (κ2) is 7.43. The van der Waals surface area contributed by atoms with Gasteiger partial charge in [0.25, 0.3) is 0 Å². The van der Waals surface area contributed by atoms with Gasteiger partial charge in [-0.05, 0) is 31.4 Å². The zero-order valence-electron chi connectivity index (χ0n) is 14.0. The maximum atomic E-state index is 12.4. The molecule has 3 rings (SSSR count). The maximum absolute atomic E-state index is 12.4. The smallest absolute Gasteiger partial charge is 0.356 e. The summed E-state index contributed by atoms with van der Waals surface area (Å²) in [5.41, 5.74) is 4.13. The molecule has 2 N–H and O–H groups in total. The average Bonchev–Trinajstić information content (AvgIpc) is 3.00. The zero-order chi connectivity index (χ0) is 17.8. The molecule has 1 aliphatic carbocycles. The van der Waals surface area contributed by atoms with E-state index in [0.29, 0.717) is 18.7 Å². The van der Waals surface area contributed by atoms with Crippen LogP contribution in [0.5, 0.6) is 0 Å². The van der Waals surface area contributed by atoms with Crippen LogP contribution >= 0.6 is 0 Å². The standard InChI is InChI=1S/C17H20N4O4/c1-2-25-17(24)16-13-4-3-11-9-18-6-5-12(11)15(13)20-21(16)8-7-19-14(23)10-22/h5-6,9,22H,2-4,7-8,10H2,1H3,(H,19,23). The third-order valence-electron chi connectivity index (χ3n) is 4.11. The van der Waals surface area contributed by atoms with Crippen LogP contribution in [0.25, 0.3) is 11.3 Å². The number of esters is 1. The summed E-state index contributed by atoms with van der Waals surface area (Å²) in [5.74, 6) is -0.881. The summed E-state index contributed by atoms with van der Waals surface area (Å²) in [7, 11) is 0. The van der Waals surface area contributed by atoms with Crippen molar-refractivity contribution in [3.8, 4) is 11.3 Å². The molecule has 0 bridgehead atoms. The number of pyridine rings is 1. The third-order valence-corrected chi connectivity index (χ3v) is 4.11. The summed E-state index contributed by atoms with van der Waals surface area (Å²) in [6.45, 7) is 2.04. The minimum Gasteiger partial charge on any atom is -0.461 e. The highest BCUT2D eigenvalue weighted by molar-refractivity contribution is 5.92. The highest BCUT2D eigenvalue weighted by Crippen LogP contribution is 2.34. The van der Waals surface area contributed by atoms with Crippen molar-refractivity contribution in [2.24, 2.45) is 0 Å². The number of aromatic nitrogens is 3. The van der Waals surface area contributed by atoms with E-state index in [-0.39, 0.29) is 13.2 Å². The van der Waals surface area contributed by atoms with Crippen molar-refractivity contribution in [2.75, 3.05) is 19.8 Å². The molecule has 0 saturated carbocycles. The first-order valence-corrected chi connectivity index (χ1v) is 8.23. The lowest BCUT2D eigenvalue weighted by molar-refractivity contribution is -0.123. The minimum atomic E-state index is -0.569. The molecule has 0 aliphatic heterocycles. The second-order valence-electron chi connectivity index (χ2n) is 5.66. The lowest BCUT2D eigenvalue weighted by Crippen LogP contribution is -2.30. The Kier molecular flexibility index (Phi) is 5.08. The molecule has 132 valence electrons. The van der Waals surface area contributed by atoms with Crippen LogP contribution in [0.3, 0.4) is 0 Å². The van der Waals surface area contributed by atoms with Crippen LogP contribution in [-0.4, -0.2) is 51.5 Å². The Morgan fingerprint density at radius 3 is 3.00 bits per heavy atom. The average molecular weight is 344 g/mol. The summed E-state index contributed by atoms with van der Waals surface area (Å²) in [6.07, 6.45) is 5.00. The molecular formula is C17H20N4O4. The molecule has 25 heavy (non-hydrogen) atoms. The summed E-state index contributed by atoms with van der Waals surface area (Å²) in [5, 5.41) is 15.9. The van der Waals surface area contributed by atoms with Crippen LogP contribution in [0.1, 0.15) is 28.5 Å². The number of aliphatic hydroxyl groups is 1. The number of nitrogens with zero attached hydrogens (tertiary/aromatic N) is 3. The van der Waals surface area contributed by atoms with E-state index in [2.05, 4.69) is 15.4 Å². The quantitative estimate of drug-likeness (QED) is 0.732. The number of aryl methyl sites for hydroxylation is 1. The van der Waals surface area contributed by atoms with E-state index in [1.165, 1.54) is 0 Å². The van der Waals surface area contributed by atoms with E-state index >= 15 is 0 Å². The van der Waals surface area contributed by atoms with Gasteiger partial charge in [0.05, 0.1) is 18.8 Å². The molecule has 0 saturated heterocycles. The van der Waals surface area contributed by atoms with Crippen LogP contribution in [-0.2, 0) is 28.9 Å². The monoisotopic (exact) mass is 344 g/mol. The number of ether oxygens (including phenoxy) is 1. The van der Waals surface area contributed by atoms with Gasteiger partial charge < -0.3 is 15.2 Å². The fourth-order valence-corrected chi connectivity index (χ4v) is 3.02. The predicted octanol–water partition coefficient (Wildman–Crippen LogP) is 0.329. The third kappa shape index (κ3) is 3.39. The molecule has 1 aliphatic rings. The molecular weight excluding hydrogens is 324 g/mol. The Balaban J connectivity index is 1.96. The highest BCUT2D eigenvalue weighted by atomic mass is 16.5. The van der Waals surface area contributed by atoms with E-state index in [0.717, 1.165) is 28.8 Å². The number of amides is 1. The van der Waals surface area contributed by atoms with Crippen LogP contribution in [0.4, 0.5) is 0 Å². The second-order valence-corrected chi connectivity index (χ2v) is 5.66. The molecule has 8 heteroatoms. The number of carbonyl (C=O) groups excluding carboxylic acids is 2. The Bertz CT molecular complexity index is 800. The van der Waals surface area contributed by atoms with E-state index in [1.807, 2.05) is 12.3 Å². The molecule has 0 atom stereocenters. The summed E-state index contributed by atoms with van der Waals surface area (Å²) in [4.78, 5) is 27.8. The minimum absolute atomic E-state index is 0.259. The van der Waals surface area contributed by atoms with Gasteiger partial charge in [0, 0.05) is 30.1 Å². The topological polar surface area (TPSA) is 106 Å². The molecule has 0 fully saturated rings. The van der Waals surface area contributed by atoms with Crippen molar-refractivity contribution in [2.45, 2.75) is 26.3 Å². The van der Waals surface area contributed by atoms with E-state index in [4.69, 9.17) is 9.84 Å². The molecule has 1 amide bonds. The summed E-state index contributed by atoms with van der Waals surface area (Å²) < 4.78 is 6.77. The van der Waals surface area contributed by atoms with Gasteiger partial charge in [-0.3, -0.25) is 14.5 Å². The van der Waals surface area contributed by atoms with Gasteiger partial charge in [-0.2, -0.15) is 5.10 Å². The van der Waals surface area contributed by atoms with Gasteiger partial charge in [0.1, 0.15) is 12.3 Å². The number of hydrogen-bond acceptors (Lipinski definition) is 6. The van der Waals surface area contributed by atoms with Gasteiger partial charge in [-0.1, -0.05) is 0 Å². The molecule has 0 radical (unpaired) electrons. The first kappa shape index (κ1) is 17.1. The lowest BCUT2D eigenvalue weighted by atomic mass is 9.90. The van der Waals surface area contributed by atoms with Crippen molar-refractivity contribution in [1.29, 1.82) is 0 Å². The first-order valence-electron chi connectivity index (χ1n) is 8.23. The van der Waals surface area contributed by atoms with Crippen molar-refractivity contribution in [3.63, 3.8) is 0 Å². The number of hydrogen-bond donors (Lipinski definition) is 2. The Morgan fingerprint density at radius 2 is 2.24 bits per heavy atom. The number of aliphatic hydroxyl groups excluding tert-OH is 1. The number of carbonyl (C=O) groups is 2. The Hall–Kier alpha value is -2.74. The predicted molar refractivity (Wildman–Crippen MR) is 88.9 cm³/mol. The normalized spacial score (nSPS) is 12.2. The fraction of sp³-hybridized carbons (Fsp3) is 0.412. The van der Waals surface area contributed by atoms with Crippen LogP contribution in [0.15, 0.2) is 18.5 Å². The zero-order valence-corrected chi connectivity index (χ0v) is 14.0. The van der Waals surface area contributed by atoms with Crippen molar-refractivity contribution in [1.82, 2.24) is 20.1 Å². The van der Waals surface area contributed by atoms with Crippen molar-refractivity contribution < 1.29 is 19.4 Å². The van der Waals surface area contributed by atoms with E-state index in [9.17, 15) is 9.59 Å². The first-order chi connectivity index (χ1) is 12.2. The lowest BCUT2D eigenvalue weighted by Gasteiger charge is -2.14. The SMILES string of the molecule is CCOC(=O)c1c2c(nn1CCNC(=O)CO)-c1ccncc1CC2. The molecule has 2 heterocycles. The van der Waals surface area contributed by atoms with Crippen LogP contribution < -0.4 is 5.32 Å². The van der Waals surface area contributed by atoms with Gasteiger partial charge >= 0.3 is 5.97 Å². The number of nitrogens with one attached hydrogen (secondary N) is 1. The Morgan fingerprint density at radius 1 is 1.40 bits per heavy atom. The van der Waals surface area contributed by atoms with Crippen molar-refractivity contribution in [3.05, 3.63) is 35.3 Å². The molecule has 2 aromatic heterocycles. The van der Waals surface area contributed by atoms with Crippen LogP contribution in [0.2, 0.25) is 0 Å². The van der Waals surface area contributed by atoms with Gasteiger partial charge in [-0.15, -0.1) is 0 Å². The van der Waals surface area contributed by atoms with E-state index < -0.39 is 18.5 Å². The Labute approximate surface area is 144 Å².